The first kappa shape index (κ1) is 23.4. The fourth-order valence-corrected chi connectivity index (χ4v) is 3.90. The van der Waals surface area contributed by atoms with Crippen molar-refractivity contribution in [1.29, 1.82) is 0 Å². The van der Waals surface area contributed by atoms with Gasteiger partial charge < -0.3 is 4.74 Å². The number of rotatable bonds is 8. The van der Waals surface area contributed by atoms with Crippen LogP contribution < -0.4 is 10.2 Å². The molecule has 1 amide bonds. The number of nitro groups is 1. The first-order chi connectivity index (χ1) is 18.1. The van der Waals surface area contributed by atoms with Crippen LogP contribution in [-0.2, 0) is 6.61 Å². The number of nitrogens with zero attached hydrogens (tertiary/aromatic N) is 3. The number of non-ortho nitro benzene ring substituents is 1. The number of hydrazone groups is 1. The van der Waals surface area contributed by atoms with E-state index in [0.29, 0.717) is 23.6 Å². The van der Waals surface area contributed by atoms with E-state index in [1.54, 1.807) is 18.2 Å². The van der Waals surface area contributed by atoms with Gasteiger partial charge in [-0.2, -0.15) is 10.2 Å². The zero-order chi connectivity index (χ0) is 25.6. The van der Waals surface area contributed by atoms with Crippen LogP contribution in [0.2, 0.25) is 0 Å². The number of carbonyl (C=O) groups excluding carboxylic acids is 1. The summed E-state index contributed by atoms with van der Waals surface area (Å²) in [6, 6.07) is 29.3. The Bertz CT molecular complexity index is 1620. The topological polar surface area (TPSA) is 123 Å². The second-order valence-corrected chi connectivity index (χ2v) is 8.14. The normalized spacial score (nSPS) is 11.0. The highest BCUT2D eigenvalue weighted by atomic mass is 16.6. The smallest absolute Gasteiger partial charge is 0.289 e. The van der Waals surface area contributed by atoms with Crippen molar-refractivity contribution in [1.82, 2.24) is 15.6 Å². The molecule has 0 fully saturated rings. The van der Waals surface area contributed by atoms with E-state index in [2.05, 4.69) is 38.9 Å². The quantitative estimate of drug-likeness (QED) is 0.169. The van der Waals surface area contributed by atoms with Crippen molar-refractivity contribution in [3.63, 3.8) is 0 Å². The van der Waals surface area contributed by atoms with Crippen LogP contribution >= 0.6 is 0 Å². The largest absolute Gasteiger partial charge is 0.488 e. The van der Waals surface area contributed by atoms with Crippen LogP contribution in [0.25, 0.3) is 22.0 Å². The Morgan fingerprint density at radius 1 is 1.00 bits per heavy atom. The maximum absolute atomic E-state index is 12.5. The Kier molecular flexibility index (Phi) is 6.67. The minimum absolute atomic E-state index is 0.0604. The van der Waals surface area contributed by atoms with Gasteiger partial charge in [0.25, 0.3) is 11.6 Å². The van der Waals surface area contributed by atoms with Gasteiger partial charge >= 0.3 is 0 Å². The molecule has 0 unspecified atom stereocenters. The van der Waals surface area contributed by atoms with E-state index in [9.17, 15) is 14.9 Å². The molecule has 0 aliphatic heterocycles. The van der Waals surface area contributed by atoms with E-state index in [0.717, 1.165) is 21.9 Å². The van der Waals surface area contributed by atoms with Gasteiger partial charge in [0.2, 0.25) is 0 Å². The lowest BCUT2D eigenvalue weighted by Crippen LogP contribution is -2.18. The summed E-state index contributed by atoms with van der Waals surface area (Å²) in [5, 5.41) is 24.1. The minimum atomic E-state index is -0.505. The number of nitro benzene ring substituents is 1. The first-order valence-corrected chi connectivity index (χ1v) is 11.4. The minimum Gasteiger partial charge on any atom is -0.488 e. The summed E-state index contributed by atoms with van der Waals surface area (Å²) in [7, 11) is 0. The highest BCUT2D eigenvalue weighted by Gasteiger charge is 2.14. The average Bonchev–Trinajstić information content (AvgIpc) is 3.42. The van der Waals surface area contributed by atoms with Crippen molar-refractivity contribution in [3.05, 3.63) is 124 Å². The van der Waals surface area contributed by atoms with Gasteiger partial charge in [0, 0.05) is 23.3 Å². The molecule has 4 aromatic carbocycles. The number of benzene rings is 4. The van der Waals surface area contributed by atoms with E-state index >= 15 is 0 Å². The van der Waals surface area contributed by atoms with Gasteiger partial charge in [-0.15, -0.1) is 0 Å². The van der Waals surface area contributed by atoms with Crippen LogP contribution in [0.1, 0.15) is 21.6 Å². The number of fused-ring (bicyclic) bond motifs is 1. The Labute approximate surface area is 211 Å². The Morgan fingerprint density at radius 2 is 1.78 bits per heavy atom. The van der Waals surface area contributed by atoms with Crippen LogP contribution in [0, 0.1) is 10.1 Å². The van der Waals surface area contributed by atoms with Crippen LogP contribution in [0.4, 0.5) is 5.69 Å². The second kappa shape index (κ2) is 10.5. The van der Waals surface area contributed by atoms with Crippen molar-refractivity contribution in [3.8, 4) is 17.0 Å². The summed E-state index contributed by atoms with van der Waals surface area (Å²) in [5.74, 6) is 0.132. The number of aromatic nitrogens is 2. The molecule has 5 aromatic rings. The highest BCUT2D eigenvalue weighted by molar-refractivity contribution is 5.94. The molecule has 0 atom stereocenters. The van der Waals surface area contributed by atoms with Gasteiger partial charge in [0.15, 0.2) is 0 Å². The molecule has 0 bridgehead atoms. The molecule has 0 radical (unpaired) electrons. The molecule has 0 spiro atoms. The zero-order valence-corrected chi connectivity index (χ0v) is 19.5. The summed E-state index contributed by atoms with van der Waals surface area (Å²) in [6.45, 7) is 0.377. The van der Waals surface area contributed by atoms with Crippen molar-refractivity contribution < 1.29 is 14.5 Å². The molecule has 0 saturated carbocycles. The molecule has 1 aromatic heterocycles. The zero-order valence-electron chi connectivity index (χ0n) is 19.5. The van der Waals surface area contributed by atoms with Gasteiger partial charge in [-0.3, -0.25) is 20.0 Å². The molecule has 9 heteroatoms. The van der Waals surface area contributed by atoms with Gasteiger partial charge in [-0.1, -0.05) is 66.7 Å². The fourth-order valence-electron chi connectivity index (χ4n) is 3.90. The van der Waals surface area contributed by atoms with Gasteiger partial charge in [0.05, 0.1) is 16.8 Å². The number of ether oxygens (including phenoxy) is 1. The maximum atomic E-state index is 12.5. The third kappa shape index (κ3) is 5.35. The first-order valence-electron chi connectivity index (χ1n) is 11.4. The van der Waals surface area contributed by atoms with E-state index in [4.69, 9.17) is 4.74 Å². The van der Waals surface area contributed by atoms with Crippen molar-refractivity contribution in [2.75, 3.05) is 0 Å². The summed E-state index contributed by atoms with van der Waals surface area (Å²) in [4.78, 5) is 22.9. The van der Waals surface area contributed by atoms with E-state index < -0.39 is 10.8 Å². The second-order valence-electron chi connectivity index (χ2n) is 8.14. The van der Waals surface area contributed by atoms with Gasteiger partial charge in [-0.05, 0) is 34.5 Å². The third-order valence-electron chi connectivity index (χ3n) is 5.71. The average molecular weight is 492 g/mol. The summed E-state index contributed by atoms with van der Waals surface area (Å²) < 4.78 is 6.17. The van der Waals surface area contributed by atoms with Crippen molar-refractivity contribution in [2.24, 2.45) is 5.10 Å². The molecule has 0 aliphatic carbocycles. The SMILES string of the molecule is O=C(N/N=C\c1cccc([N+](=O)[O-])c1)c1cc(-c2ccccc2OCc2cccc3ccccc23)n[nH]1. The van der Waals surface area contributed by atoms with Gasteiger partial charge in [0.1, 0.15) is 18.1 Å². The summed E-state index contributed by atoms with van der Waals surface area (Å²) in [6.07, 6.45) is 1.33. The van der Waals surface area contributed by atoms with Crippen LogP contribution in [0.3, 0.4) is 0 Å². The standard InChI is InChI=1S/C28H21N5O4/c34-28(32-29-17-19-7-5-11-22(15-19)33(35)36)26-16-25(30-31-26)24-13-3-4-14-27(24)37-18-21-10-6-9-20-8-1-2-12-23(20)21/h1-17H,18H2,(H,30,31)(H,32,34)/b29-17-. The van der Waals surface area contributed by atoms with Crippen molar-refractivity contribution in [2.45, 2.75) is 6.61 Å². The van der Waals surface area contributed by atoms with E-state index in [1.165, 1.54) is 18.3 Å². The number of nitrogens with one attached hydrogen (secondary N) is 2. The molecular formula is C28H21N5O4. The summed E-state index contributed by atoms with van der Waals surface area (Å²) in [5.41, 5.74) is 5.37. The summed E-state index contributed by atoms with van der Waals surface area (Å²) >= 11 is 0. The van der Waals surface area contributed by atoms with Crippen LogP contribution in [0.5, 0.6) is 5.75 Å². The van der Waals surface area contributed by atoms with Crippen LogP contribution in [-0.4, -0.2) is 27.2 Å². The molecular weight excluding hydrogens is 470 g/mol. The van der Waals surface area contributed by atoms with Crippen LogP contribution in [0.15, 0.2) is 102 Å². The monoisotopic (exact) mass is 491 g/mol. The number of hydrogen-bond donors (Lipinski definition) is 2. The Morgan fingerprint density at radius 3 is 2.68 bits per heavy atom. The lowest BCUT2D eigenvalue weighted by atomic mass is 10.1. The number of aromatic amines is 1. The lowest BCUT2D eigenvalue weighted by molar-refractivity contribution is -0.384. The molecule has 5 rings (SSSR count). The molecule has 1 heterocycles. The van der Waals surface area contributed by atoms with Gasteiger partial charge in [-0.25, -0.2) is 5.43 Å². The lowest BCUT2D eigenvalue weighted by Gasteiger charge is -2.12. The fraction of sp³-hybridized carbons (Fsp3) is 0.0357. The number of hydrogen-bond acceptors (Lipinski definition) is 6. The number of amides is 1. The van der Waals surface area contributed by atoms with E-state index in [-0.39, 0.29) is 11.4 Å². The Balaban J connectivity index is 1.28. The van der Waals surface area contributed by atoms with E-state index in [1.807, 2.05) is 48.5 Å². The predicted octanol–water partition coefficient (Wildman–Crippen LogP) is 5.48. The number of H-pyrrole nitrogens is 1. The predicted molar refractivity (Wildman–Crippen MR) is 140 cm³/mol. The maximum Gasteiger partial charge on any atom is 0.289 e. The number of carbonyl (C=O) groups is 1. The highest BCUT2D eigenvalue weighted by Crippen LogP contribution is 2.30. The molecule has 9 nitrogen and oxygen atoms in total. The third-order valence-corrected chi connectivity index (χ3v) is 5.71. The molecule has 0 saturated heterocycles. The molecule has 0 aliphatic rings. The Hall–Kier alpha value is -5.31. The molecule has 37 heavy (non-hydrogen) atoms. The molecule has 182 valence electrons. The molecule has 2 N–H and O–H groups in total. The van der Waals surface area contributed by atoms with Crippen molar-refractivity contribution >= 4 is 28.6 Å². The number of para-hydroxylation sites is 1.